The zero-order valence-electron chi connectivity index (χ0n) is 17.6. The summed E-state index contributed by atoms with van der Waals surface area (Å²) in [6.07, 6.45) is 2.99. The lowest BCUT2D eigenvalue weighted by atomic mass is 9.88. The van der Waals surface area contributed by atoms with Crippen molar-refractivity contribution in [3.05, 3.63) is 45.3 Å². The molecule has 1 aliphatic carbocycles. The van der Waals surface area contributed by atoms with Gasteiger partial charge in [-0.15, -0.1) is 11.3 Å². The van der Waals surface area contributed by atoms with Crippen molar-refractivity contribution in [3.8, 4) is 5.75 Å². The summed E-state index contributed by atoms with van der Waals surface area (Å²) in [7, 11) is -3.11. The molecule has 2 aromatic rings. The number of halogens is 1. The predicted octanol–water partition coefficient (Wildman–Crippen LogP) is 3.46. The Morgan fingerprint density at radius 1 is 1.22 bits per heavy atom. The lowest BCUT2D eigenvalue weighted by Gasteiger charge is -2.19. The van der Waals surface area contributed by atoms with E-state index in [0.29, 0.717) is 33.7 Å². The van der Waals surface area contributed by atoms with Gasteiger partial charge < -0.3 is 15.4 Å². The first-order valence-corrected chi connectivity index (χ1v) is 13.6. The van der Waals surface area contributed by atoms with E-state index >= 15 is 0 Å². The molecule has 2 aliphatic rings. The summed E-state index contributed by atoms with van der Waals surface area (Å²) in [6.45, 7) is 1.96. The average Bonchev–Trinajstić information content (AvgIpc) is 3.25. The first-order chi connectivity index (χ1) is 15.2. The molecule has 1 aromatic carbocycles. The molecular formula is C22H25ClN2O5S2. The quantitative estimate of drug-likeness (QED) is 0.637. The van der Waals surface area contributed by atoms with Crippen molar-refractivity contribution in [2.24, 2.45) is 5.92 Å². The monoisotopic (exact) mass is 496 g/mol. The first kappa shape index (κ1) is 23.1. The van der Waals surface area contributed by atoms with Crippen molar-refractivity contribution in [2.45, 2.75) is 38.6 Å². The first-order valence-electron chi connectivity index (χ1n) is 10.5. The number of benzene rings is 1. The Morgan fingerprint density at radius 3 is 2.66 bits per heavy atom. The summed E-state index contributed by atoms with van der Waals surface area (Å²) < 4.78 is 29.1. The fourth-order valence-electron chi connectivity index (χ4n) is 4.09. The lowest BCUT2D eigenvalue weighted by Crippen LogP contribution is -2.36. The summed E-state index contributed by atoms with van der Waals surface area (Å²) in [5.74, 6) is 0.372. The molecule has 1 saturated heterocycles. The van der Waals surface area contributed by atoms with Crippen LogP contribution in [0.4, 0.5) is 5.00 Å². The van der Waals surface area contributed by atoms with Gasteiger partial charge >= 0.3 is 0 Å². The number of carbonyl (C=O) groups excluding carboxylic acids is 2. The molecule has 10 heteroatoms. The van der Waals surface area contributed by atoms with Gasteiger partial charge in [0.1, 0.15) is 10.8 Å². The second-order valence-electron chi connectivity index (χ2n) is 8.42. The molecule has 7 nitrogen and oxygen atoms in total. The van der Waals surface area contributed by atoms with Gasteiger partial charge in [0.15, 0.2) is 16.4 Å². The number of hydrogen-bond acceptors (Lipinski definition) is 6. The number of rotatable bonds is 6. The maximum atomic E-state index is 13.1. The number of hydrogen-bond donors (Lipinski definition) is 2. The van der Waals surface area contributed by atoms with E-state index in [1.165, 1.54) is 11.3 Å². The van der Waals surface area contributed by atoms with Crippen molar-refractivity contribution >= 4 is 49.6 Å². The van der Waals surface area contributed by atoms with Gasteiger partial charge in [-0.2, -0.15) is 0 Å². The average molecular weight is 497 g/mol. The molecule has 2 amide bonds. The van der Waals surface area contributed by atoms with Gasteiger partial charge in [0.25, 0.3) is 11.8 Å². The SMILES string of the molecule is C[C@@H]1CCc2c(sc(NC(=O)COc3ccc(Cl)cc3)c2C(=O)N[C@H]2CCS(=O)(=O)C2)C1. The van der Waals surface area contributed by atoms with E-state index in [-0.39, 0.29) is 29.9 Å². The smallest absolute Gasteiger partial charge is 0.262 e. The highest BCUT2D eigenvalue weighted by atomic mass is 35.5. The van der Waals surface area contributed by atoms with E-state index in [1.807, 2.05) is 0 Å². The second-order valence-corrected chi connectivity index (χ2v) is 12.2. The molecule has 2 heterocycles. The largest absolute Gasteiger partial charge is 0.484 e. The number of sulfone groups is 1. The zero-order chi connectivity index (χ0) is 22.9. The van der Waals surface area contributed by atoms with E-state index in [2.05, 4.69) is 17.6 Å². The van der Waals surface area contributed by atoms with E-state index in [9.17, 15) is 18.0 Å². The van der Waals surface area contributed by atoms with Crippen LogP contribution in [0.15, 0.2) is 24.3 Å². The van der Waals surface area contributed by atoms with Crippen molar-refractivity contribution in [1.82, 2.24) is 5.32 Å². The summed E-state index contributed by atoms with van der Waals surface area (Å²) in [4.78, 5) is 26.8. The second kappa shape index (κ2) is 9.41. The van der Waals surface area contributed by atoms with Crippen LogP contribution in [0.3, 0.4) is 0 Å². The number of carbonyl (C=O) groups is 2. The molecule has 0 spiro atoms. The number of ether oxygens (including phenoxy) is 1. The van der Waals surface area contributed by atoms with Gasteiger partial charge in [-0.3, -0.25) is 9.59 Å². The molecule has 32 heavy (non-hydrogen) atoms. The highest BCUT2D eigenvalue weighted by Gasteiger charge is 2.33. The fourth-order valence-corrected chi connectivity index (χ4v) is 7.31. The van der Waals surface area contributed by atoms with E-state index in [1.54, 1.807) is 24.3 Å². The van der Waals surface area contributed by atoms with Gasteiger partial charge in [0, 0.05) is 15.9 Å². The minimum absolute atomic E-state index is 0.0429. The van der Waals surface area contributed by atoms with Crippen LogP contribution in [0.1, 0.15) is 40.6 Å². The zero-order valence-corrected chi connectivity index (χ0v) is 20.0. The van der Waals surface area contributed by atoms with Crippen LogP contribution in [0, 0.1) is 5.92 Å². The number of fused-ring (bicyclic) bond motifs is 1. The Balaban J connectivity index is 1.49. The number of nitrogens with one attached hydrogen (secondary N) is 2. The van der Waals surface area contributed by atoms with Crippen LogP contribution in [0.5, 0.6) is 5.75 Å². The number of anilines is 1. The molecule has 172 valence electrons. The van der Waals surface area contributed by atoms with Crippen molar-refractivity contribution in [3.63, 3.8) is 0 Å². The third-order valence-corrected chi connectivity index (χ3v) is 8.93. The molecule has 1 aliphatic heterocycles. The third-order valence-electron chi connectivity index (χ3n) is 5.74. The lowest BCUT2D eigenvalue weighted by molar-refractivity contribution is -0.118. The van der Waals surface area contributed by atoms with Crippen LogP contribution in [-0.2, 0) is 27.5 Å². The Hall–Kier alpha value is -2.10. The maximum Gasteiger partial charge on any atom is 0.262 e. The Bertz CT molecular complexity index is 1130. The van der Waals surface area contributed by atoms with Crippen LogP contribution in [-0.4, -0.2) is 44.4 Å². The third kappa shape index (κ3) is 5.44. The summed E-state index contributed by atoms with van der Waals surface area (Å²) in [5.41, 5.74) is 1.42. The Kier molecular flexibility index (Phi) is 6.78. The van der Waals surface area contributed by atoms with Crippen molar-refractivity contribution < 1.29 is 22.7 Å². The summed E-state index contributed by atoms with van der Waals surface area (Å²) >= 11 is 7.28. The predicted molar refractivity (Wildman–Crippen MR) is 126 cm³/mol. The Labute approximate surface area is 196 Å². The van der Waals surface area contributed by atoms with Crippen molar-refractivity contribution in [1.29, 1.82) is 0 Å². The summed E-state index contributed by atoms with van der Waals surface area (Å²) in [6, 6.07) is 6.30. The van der Waals surface area contributed by atoms with Gasteiger partial charge in [0.2, 0.25) is 0 Å². The molecule has 4 rings (SSSR count). The van der Waals surface area contributed by atoms with Gasteiger partial charge in [-0.25, -0.2) is 8.42 Å². The number of amides is 2. The van der Waals surface area contributed by atoms with Gasteiger partial charge in [-0.1, -0.05) is 18.5 Å². The minimum atomic E-state index is -3.11. The standard InChI is InChI=1S/C22H25ClN2O5S2/c1-13-2-7-17-18(10-13)31-22(20(17)21(27)24-15-8-9-32(28,29)12-15)25-19(26)11-30-16-5-3-14(23)4-6-16/h3-6,13,15H,2,7-12H2,1H3,(H,24,27)(H,25,26)/t13-,15+/m1/s1. The van der Waals surface area contributed by atoms with Crippen LogP contribution >= 0.6 is 22.9 Å². The molecular weight excluding hydrogens is 472 g/mol. The number of thiophene rings is 1. The molecule has 2 atom stereocenters. The minimum Gasteiger partial charge on any atom is -0.484 e. The van der Waals surface area contributed by atoms with E-state index in [0.717, 1.165) is 29.7 Å². The molecule has 0 radical (unpaired) electrons. The summed E-state index contributed by atoms with van der Waals surface area (Å²) in [5, 5.41) is 6.77. The van der Waals surface area contributed by atoms with Gasteiger partial charge in [-0.05, 0) is 61.4 Å². The van der Waals surface area contributed by atoms with Crippen LogP contribution in [0.25, 0.3) is 0 Å². The van der Waals surface area contributed by atoms with E-state index in [4.69, 9.17) is 16.3 Å². The van der Waals surface area contributed by atoms with Crippen LogP contribution in [0.2, 0.25) is 5.02 Å². The molecule has 0 saturated carbocycles. The fraction of sp³-hybridized carbons (Fsp3) is 0.455. The molecule has 1 fully saturated rings. The topological polar surface area (TPSA) is 102 Å². The molecule has 0 unspecified atom stereocenters. The highest BCUT2D eigenvalue weighted by molar-refractivity contribution is 7.91. The van der Waals surface area contributed by atoms with Crippen molar-refractivity contribution in [2.75, 3.05) is 23.4 Å². The van der Waals surface area contributed by atoms with Gasteiger partial charge in [0.05, 0.1) is 17.1 Å². The highest BCUT2D eigenvalue weighted by Crippen LogP contribution is 2.39. The van der Waals surface area contributed by atoms with Crippen LogP contribution < -0.4 is 15.4 Å². The normalized spacial score (nSPS) is 21.6. The van der Waals surface area contributed by atoms with E-state index < -0.39 is 15.9 Å². The Morgan fingerprint density at radius 2 is 1.97 bits per heavy atom. The molecule has 0 bridgehead atoms. The molecule has 2 N–H and O–H groups in total. The maximum absolute atomic E-state index is 13.1. The molecule has 1 aromatic heterocycles.